The zero-order valence-corrected chi connectivity index (χ0v) is 8.48. The fourth-order valence-corrected chi connectivity index (χ4v) is 3.28. The molecule has 1 atom stereocenters. The fraction of sp³-hybridized carbons (Fsp3) is 0.875. The van der Waals surface area contributed by atoms with Gasteiger partial charge in [-0.1, -0.05) is 33.0 Å². The molecule has 0 saturated carbocycles. The molecular formula is C8H18OSi. The van der Waals surface area contributed by atoms with E-state index in [-0.39, 0.29) is 0 Å². The molecular weight excluding hydrogens is 140 g/mol. The minimum absolute atomic E-state index is 0.685. The predicted octanol–water partition coefficient (Wildman–Crippen LogP) is 2.69. The molecule has 0 aliphatic rings. The summed E-state index contributed by atoms with van der Waals surface area (Å²) in [6, 6.07) is 0. The third-order valence-corrected chi connectivity index (χ3v) is 5.19. The lowest BCUT2D eigenvalue weighted by molar-refractivity contribution is -0.107. The van der Waals surface area contributed by atoms with Crippen molar-refractivity contribution in [3.63, 3.8) is 0 Å². The molecule has 0 fully saturated rings. The maximum absolute atomic E-state index is 10.2. The van der Waals surface area contributed by atoms with E-state index < -0.39 is 8.07 Å². The van der Waals surface area contributed by atoms with Crippen molar-refractivity contribution in [2.45, 2.75) is 44.9 Å². The number of carbonyl (C=O) groups excluding carboxylic acids is 1. The molecule has 0 aliphatic heterocycles. The van der Waals surface area contributed by atoms with Crippen LogP contribution in [0.2, 0.25) is 25.2 Å². The molecule has 0 saturated heterocycles. The molecule has 0 aromatic heterocycles. The summed E-state index contributed by atoms with van der Waals surface area (Å²) in [5.41, 5.74) is 0.685. The van der Waals surface area contributed by atoms with Crippen molar-refractivity contribution in [2.75, 3.05) is 0 Å². The molecule has 0 aromatic rings. The molecule has 10 heavy (non-hydrogen) atoms. The van der Waals surface area contributed by atoms with Gasteiger partial charge in [-0.2, -0.15) is 0 Å². The summed E-state index contributed by atoms with van der Waals surface area (Å²) < 4.78 is 0. The van der Waals surface area contributed by atoms with Crippen LogP contribution in [0.5, 0.6) is 0 Å². The Kier molecular flexibility index (Phi) is 3.87. The molecule has 0 amide bonds. The van der Waals surface area contributed by atoms with Crippen molar-refractivity contribution < 1.29 is 4.79 Å². The third kappa shape index (κ3) is 3.16. The first-order valence-corrected chi connectivity index (χ1v) is 7.53. The Labute approximate surface area is 64.8 Å². The summed E-state index contributed by atoms with van der Waals surface area (Å²) in [6.07, 6.45) is 2.99. The third-order valence-electron chi connectivity index (χ3n) is 2.10. The smallest absolute Gasteiger partial charge is 0.119 e. The van der Waals surface area contributed by atoms with Crippen LogP contribution in [0.25, 0.3) is 0 Å². The van der Waals surface area contributed by atoms with Crippen molar-refractivity contribution >= 4 is 14.4 Å². The van der Waals surface area contributed by atoms with Gasteiger partial charge in [0.05, 0.1) is 0 Å². The lowest BCUT2D eigenvalue weighted by Gasteiger charge is -2.25. The van der Waals surface area contributed by atoms with Crippen molar-refractivity contribution in [3.05, 3.63) is 0 Å². The Morgan fingerprint density at radius 3 is 2.00 bits per heavy atom. The van der Waals surface area contributed by atoms with Crippen LogP contribution in [0.15, 0.2) is 0 Å². The van der Waals surface area contributed by atoms with Gasteiger partial charge in [0.2, 0.25) is 0 Å². The average Bonchev–Trinajstić information content (AvgIpc) is 1.80. The van der Waals surface area contributed by atoms with Crippen LogP contribution in [-0.2, 0) is 4.79 Å². The number of hydrogen-bond acceptors (Lipinski definition) is 1. The lowest BCUT2D eigenvalue weighted by atomic mass is 10.3. The maximum Gasteiger partial charge on any atom is 0.119 e. The number of hydrogen-bond donors (Lipinski definition) is 0. The molecule has 0 aliphatic carbocycles. The quantitative estimate of drug-likeness (QED) is 0.454. The summed E-state index contributed by atoms with van der Waals surface area (Å²) in [6.45, 7) is 9.15. The Balaban J connectivity index is 3.92. The Morgan fingerprint density at radius 2 is 1.90 bits per heavy atom. The average molecular weight is 158 g/mol. The largest absolute Gasteiger partial charge is 0.303 e. The van der Waals surface area contributed by atoms with Crippen LogP contribution >= 0.6 is 0 Å². The molecule has 1 nitrogen and oxygen atoms in total. The van der Waals surface area contributed by atoms with Crippen LogP contribution in [0.1, 0.15) is 19.8 Å². The number of carbonyl (C=O) groups is 1. The molecule has 0 N–H and O–H groups in total. The highest BCUT2D eigenvalue weighted by atomic mass is 28.3. The van der Waals surface area contributed by atoms with E-state index in [1.165, 1.54) is 0 Å². The van der Waals surface area contributed by atoms with Crippen LogP contribution in [-0.4, -0.2) is 14.4 Å². The van der Waals surface area contributed by atoms with Crippen LogP contribution in [0.3, 0.4) is 0 Å². The molecule has 0 aromatic carbocycles. The summed E-state index contributed by atoms with van der Waals surface area (Å²) in [5.74, 6) is 0. The molecule has 0 spiro atoms. The van der Waals surface area contributed by atoms with Crippen LogP contribution in [0, 0.1) is 0 Å². The minimum Gasteiger partial charge on any atom is -0.303 e. The van der Waals surface area contributed by atoms with Gasteiger partial charge in [0.15, 0.2) is 0 Å². The molecule has 0 radical (unpaired) electrons. The first kappa shape index (κ1) is 9.89. The molecule has 0 rings (SSSR count). The monoisotopic (exact) mass is 158 g/mol. The molecule has 60 valence electrons. The molecule has 0 heterocycles. The minimum atomic E-state index is -1.04. The van der Waals surface area contributed by atoms with E-state index in [4.69, 9.17) is 0 Å². The summed E-state index contributed by atoms with van der Waals surface area (Å²) in [5, 5.41) is 0. The highest BCUT2D eigenvalue weighted by Gasteiger charge is 2.23. The molecule has 0 bridgehead atoms. The van der Waals surface area contributed by atoms with E-state index in [1.54, 1.807) is 0 Å². The van der Waals surface area contributed by atoms with Crippen LogP contribution in [0.4, 0.5) is 0 Å². The Morgan fingerprint density at radius 1 is 1.40 bits per heavy atom. The van der Waals surface area contributed by atoms with Crippen molar-refractivity contribution in [1.82, 2.24) is 0 Å². The van der Waals surface area contributed by atoms with Gasteiger partial charge >= 0.3 is 0 Å². The predicted molar refractivity (Wildman–Crippen MR) is 48.1 cm³/mol. The van der Waals surface area contributed by atoms with E-state index in [1.807, 2.05) is 0 Å². The van der Waals surface area contributed by atoms with E-state index in [2.05, 4.69) is 26.6 Å². The van der Waals surface area contributed by atoms with Crippen molar-refractivity contribution in [2.24, 2.45) is 0 Å². The first-order valence-electron chi connectivity index (χ1n) is 3.96. The lowest BCUT2D eigenvalue weighted by Crippen LogP contribution is -2.27. The van der Waals surface area contributed by atoms with E-state index in [0.717, 1.165) is 19.1 Å². The van der Waals surface area contributed by atoms with Crippen molar-refractivity contribution in [1.29, 1.82) is 0 Å². The summed E-state index contributed by atoms with van der Waals surface area (Å²) >= 11 is 0. The Hall–Kier alpha value is -0.113. The number of aldehydes is 1. The summed E-state index contributed by atoms with van der Waals surface area (Å²) in [7, 11) is -1.04. The second-order valence-corrected chi connectivity index (χ2v) is 9.42. The molecule has 0 unspecified atom stereocenters. The van der Waals surface area contributed by atoms with Gasteiger partial charge in [0.25, 0.3) is 0 Å². The second-order valence-electron chi connectivity index (χ2n) is 3.87. The second kappa shape index (κ2) is 3.91. The van der Waals surface area contributed by atoms with Gasteiger partial charge in [-0.15, -0.1) is 0 Å². The Bertz CT molecular complexity index is 104. The normalized spacial score (nSPS) is 14.8. The van der Waals surface area contributed by atoms with E-state index in [9.17, 15) is 4.79 Å². The SMILES string of the molecule is CC[C@H](CC=O)[Si](C)(C)C. The fourth-order valence-electron chi connectivity index (χ4n) is 1.25. The zero-order valence-electron chi connectivity index (χ0n) is 7.48. The molecule has 2 heteroatoms. The van der Waals surface area contributed by atoms with Gasteiger partial charge in [-0.05, 0) is 5.54 Å². The van der Waals surface area contributed by atoms with Gasteiger partial charge < -0.3 is 4.79 Å². The van der Waals surface area contributed by atoms with Gasteiger partial charge in [0.1, 0.15) is 6.29 Å². The topological polar surface area (TPSA) is 17.1 Å². The van der Waals surface area contributed by atoms with Crippen LogP contribution < -0.4 is 0 Å². The zero-order chi connectivity index (χ0) is 8.20. The maximum atomic E-state index is 10.2. The van der Waals surface area contributed by atoms with Gasteiger partial charge in [-0.25, -0.2) is 0 Å². The van der Waals surface area contributed by atoms with Crippen molar-refractivity contribution in [3.8, 4) is 0 Å². The highest BCUT2D eigenvalue weighted by molar-refractivity contribution is 6.77. The number of rotatable bonds is 4. The standard InChI is InChI=1S/C8H18OSi/c1-5-8(6-7-9)10(2,3)4/h7-8H,5-6H2,1-4H3/t8-/m1/s1. The summed E-state index contributed by atoms with van der Waals surface area (Å²) in [4.78, 5) is 10.2. The first-order chi connectivity index (χ1) is 4.52. The van der Waals surface area contributed by atoms with E-state index in [0.29, 0.717) is 5.54 Å². The highest BCUT2D eigenvalue weighted by Crippen LogP contribution is 2.27. The van der Waals surface area contributed by atoms with E-state index >= 15 is 0 Å². The van der Waals surface area contributed by atoms with Gasteiger partial charge in [-0.3, -0.25) is 0 Å². The van der Waals surface area contributed by atoms with Gasteiger partial charge in [0, 0.05) is 14.5 Å².